The second kappa shape index (κ2) is 5.53. The van der Waals surface area contributed by atoms with E-state index in [1.54, 1.807) is 13.0 Å². The summed E-state index contributed by atoms with van der Waals surface area (Å²) in [5, 5.41) is 8.69. The Bertz CT molecular complexity index is 482. The van der Waals surface area contributed by atoms with E-state index in [9.17, 15) is 9.59 Å². The van der Waals surface area contributed by atoms with E-state index < -0.39 is 5.97 Å². The third-order valence-electron chi connectivity index (χ3n) is 2.60. The predicted molar refractivity (Wildman–Crippen MR) is 67.1 cm³/mol. The van der Waals surface area contributed by atoms with Gasteiger partial charge in [0.05, 0.1) is 12.7 Å². The van der Waals surface area contributed by atoms with E-state index >= 15 is 0 Å². The van der Waals surface area contributed by atoms with Crippen molar-refractivity contribution in [3.05, 3.63) is 28.8 Å². The van der Waals surface area contributed by atoms with E-state index in [0.29, 0.717) is 11.3 Å². The van der Waals surface area contributed by atoms with Crippen molar-refractivity contribution < 1.29 is 19.4 Å². The Morgan fingerprint density at radius 2 is 1.94 bits per heavy atom. The molecule has 0 aliphatic heterocycles. The summed E-state index contributed by atoms with van der Waals surface area (Å²) in [5.74, 6) is -0.934. The Labute approximate surface area is 106 Å². The number of carboxylic acids is 1. The molecule has 1 amide bonds. The van der Waals surface area contributed by atoms with Gasteiger partial charge in [0.25, 0.3) is 5.91 Å². The zero-order valence-electron chi connectivity index (χ0n) is 11.0. The van der Waals surface area contributed by atoms with Gasteiger partial charge in [0.1, 0.15) is 12.3 Å². The van der Waals surface area contributed by atoms with E-state index in [4.69, 9.17) is 9.84 Å². The van der Waals surface area contributed by atoms with Crippen molar-refractivity contribution in [2.24, 2.45) is 0 Å². The highest BCUT2D eigenvalue weighted by molar-refractivity contribution is 5.99. The number of likely N-dealkylation sites (N-methyl/N-ethyl adjacent to an activating group) is 1. The average Bonchev–Trinajstić information content (AvgIpc) is 2.26. The molecule has 0 spiro atoms. The first-order valence-corrected chi connectivity index (χ1v) is 5.49. The van der Waals surface area contributed by atoms with Crippen molar-refractivity contribution in [1.82, 2.24) is 4.90 Å². The van der Waals surface area contributed by atoms with Gasteiger partial charge in [-0.1, -0.05) is 6.07 Å². The smallest absolute Gasteiger partial charge is 0.323 e. The summed E-state index contributed by atoms with van der Waals surface area (Å²) in [5.41, 5.74) is 2.17. The van der Waals surface area contributed by atoms with Crippen molar-refractivity contribution in [1.29, 1.82) is 0 Å². The van der Waals surface area contributed by atoms with Gasteiger partial charge >= 0.3 is 5.97 Å². The first-order chi connectivity index (χ1) is 8.36. The third kappa shape index (κ3) is 3.00. The second-order valence-corrected chi connectivity index (χ2v) is 4.21. The van der Waals surface area contributed by atoms with Crippen molar-refractivity contribution >= 4 is 11.9 Å². The summed E-state index contributed by atoms with van der Waals surface area (Å²) in [6, 6.07) is 3.62. The molecule has 0 aliphatic rings. The van der Waals surface area contributed by atoms with E-state index in [1.807, 2.05) is 13.0 Å². The highest BCUT2D eigenvalue weighted by atomic mass is 16.5. The molecule has 0 saturated heterocycles. The standard InChI is InChI=1S/C13H17NO4/c1-8-5-9(2)12(10(6-8)18-4)13(17)14(3)7-11(15)16/h5-6H,7H2,1-4H3,(H,15,16). The summed E-state index contributed by atoms with van der Waals surface area (Å²) in [4.78, 5) is 23.9. The van der Waals surface area contributed by atoms with Gasteiger partial charge in [-0.25, -0.2) is 0 Å². The van der Waals surface area contributed by atoms with E-state index in [1.165, 1.54) is 14.2 Å². The fourth-order valence-corrected chi connectivity index (χ4v) is 1.83. The molecule has 0 aliphatic carbocycles. The minimum Gasteiger partial charge on any atom is -0.496 e. The molecule has 0 bridgehead atoms. The van der Waals surface area contributed by atoms with Crippen LogP contribution in [0.5, 0.6) is 5.75 Å². The lowest BCUT2D eigenvalue weighted by atomic mass is 10.0. The van der Waals surface area contributed by atoms with E-state index in [0.717, 1.165) is 16.0 Å². The maximum Gasteiger partial charge on any atom is 0.323 e. The van der Waals surface area contributed by atoms with Crippen LogP contribution in [0.1, 0.15) is 21.5 Å². The van der Waals surface area contributed by atoms with Crippen molar-refractivity contribution in [3.63, 3.8) is 0 Å². The molecular formula is C13H17NO4. The summed E-state index contributed by atoms with van der Waals surface area (Å²) in [7, 11) is 2.94. The quantitative estimate of drug-likeness (QED) is 0.880. The topological polar surface area (TPSA) is 66.8 Å². The fourth-order valence-electron chi connectivity index (χ4n) is 1.83. The molecule has 18 heavy (non-hydrogen) atoms. The number of methoxy groups -OCH3 is 1. The first kappa shape index (κ1) is 14.0. The lowest BCUT2D eigenvalue weighted by Gasteiger charge is -2.18. The zero-order valence-corrected chi connectivity index (χ0v) is 11.0. The van der Waals surface area contributed by atoms with Crippen LogP contribution >= 0.6 is 0 Å². The normalized spacial score (nSPS) is 10.0. The number of aryl methyl sites for hydroxylation is 2. The molecule has 1 aromatic rings. The van der Waals surface area contributed by atoms with Crippen molar-refractivity contribution in [2.75, 3.05) is 20.7 Å². The average molecular weight is 251 g/mol. The Morgan fingerprint density at radius 3 is 2.44 bits per heavy atom. The molecule has 5 nitrogen and oxygen atoms in total. The number of hydrogen-bond donors (Lipinski definition) is 1. The monoisotopic (exact) mass is 251 g/mol. The van der Waals surface area contributed by atoms with E-state index in [2.05, 4.69) is 0 Å². The molecule has 0 heterocycles. The summed E-state index contributed by atoms with van der Waals surface area (Å²) in [6.45, 7) is 3.37. The SMILES string of the molecule is COc1cc(C)cc(C)c1C(=O)N(C)CC(=O)O. The van der Waals surface area contributed by atoms with Gasteiger partial charge < -0.3 is 14.7 Å². The molecule has 5 heteroatoms. The van der Waals surface area contributed by atoms with Crippen LogP contribution < -0.4 is 4.74 Å². The molecule has 98 valence electrons. The largest absolute Gasteiger partial charge is 0.496 e. The molecule has 0 atom stereocenters. The van der Waals surface area contributed by atoms with Crippen LogP contribution in [0.3, 0.4) is 0 Å². The third-order valence-corrected chi connectivity index (χ3v) is 2.60. The number of ether oxygens (including phenoxy) is 1. The number of hydrogen-bond acceptors (Lipinski definition) is 3. The minimum atomic E-state index is -1.05. The van der Waals surface area contributed by atoms with Crippen LogP contribution in [0.25, 0.3) is 0 Å². The van der Waals surface area contributed by atoms with Gasteiger partial charge in [-0.3, -0.25) is 9.59 Å². The van der Waals surface area contributed by atoms with Gasteiger partial charge in [0.2, 0.25) is 0 Å². The van der Waals surface area contributed by atoms with Crippen LogP contribution in [0, 0.1) is 13.8 Å². The van der Waals surface area contributed by atoms with Gasteiger partial charge in [0, 0.05) is 7.05 Å². The van der Waals surface area contributed by atoms with Crippen LogP contribution in [0.2, 0.25) is 0 Å². The summed E-state index contributed by atoms with van der Waals surface area (Å²) < 4.78 is 5.19. The summed E-state index contributed by atoms with van der Waals surface area (Å²) in [6.07, 6.45) is 0. The molecular weight excluding hydrogens is 234 g/mol. The lowest BCUT2D eigenvalue weighted by Crippen LogP contribution is -2.32. The lowest BCUT2D eigenvalue weighted by molar-refractivity contribution is -0.137. The van der Waals surface area contributed by atoms with Crippen LogP contribution in [-0.4, -0.2) is 42.6 Å². The maximum absolute atomic E-state index is 12.2. The Morgan fingerprint density at radius 1 is 1.33 bits per heavy atom. The van der Waals surface area contributed by atoms with Gasteiger partial charge in [-0.2, -0.15) is 0 Å². The number of aliphatic carboxylic acids is 1. The molecule has 0 radical (unpaired) electrons. The number of carbonyl (C=O) groups excluding carboxylic acids is 1. The number of rotatable bonds is 4. The molecule has 1 aromatic carbocycles. The molecule has 0 aromatic heterocycles. The highest BCUT2D eigenvalue weighted by Gasteiger charge is 2.20. The fraction of sp³-hybridized carbons (Fsp3) is 0.385. The maximum atomic E-state index is 12.2. The van der Waals surface area contributed by atoms with Gasteiger partial charge in [-0.05, 0) is 31.0 Å². The first-order valence-electron chi connectivity index (χ1n) is 5.49. The molecule has 0 fully saturated rings. The number of carbonyl (C=O) groups is 2. The zero-order chi connectivity index (χ0) is 13.9. The van der Waals surface area contributed by atoms with Crippen LogP contribution in [0.15, 0.2) is 12.1 Å². The highest BCUT2D eigenvalue weighted by Crippen LogP contribution is 2.25. The number of benzene rings is 1. The number of nitrogens with zero attached hydrogens (tertiary/aromatic N) is 1. The van der Waals surface area contributed by atoms with Gasteiger partial charge in [-0.15, -0.1) is 0 Å². The molecule has 0 unspecified atom stereocenters. The van der Waals surface area contributed by atoms with Crippen LogP contribution in [-0.2, 0) is 4.79 Å². The number of amides is 1. The molecule has 1 N–H and O–H groups in total. The van der Waals surface area contributed by atoms with Crippen molar-refractivity contribution in [3.8, 4) is 5.75 Å². The van der Waals surface area contributed by atoms with E-state index in [-0.39, 0.29) is 12.5 Å². The predicted octanol–water partition coefficient (Wildman–Crippen LogP) is 1.47. The molecule has 0 saturated carbocycles. The number of carboxylic acid groups (broad SMARTS) is 1. The van der Waals surface area contributed by atoms with Gasteiger partial charge in [0.15, 0.2) is 0 Å². The Hall–Kier alpha value is -2.04. The Kier molecular flexibility index (Phi) is 4.31. The van der Waals surface area contributed by atoms with Crippen LogP contribution in [0.4, 0.5) is 0 Å². The minimum absolute atomic E-state index is 0.338. The summed E-state index contributed by atoms with van der Waals surface area (Å²) >= 11 is 0. The van der Waals surface area contributed by atoms with Crippen molar-refractivity contribution in [2.45, 2.75) is 13.8 Å². The Balaban J connectivity index is 3.16. The second-order valence-electron chi connectivity index (χ2n) is 4.21. The molecule has 1 rings (SSSR count).